The second kappa shape index (κ2) is 7.30. The van der Waals surface area contributed by atoms with Gasteiger partial charge >= 0.3 is 6.18 Å². The van der Waals surface area contributed by atoms with Crippen LogP contribution in [0.1, 0.15) is 38.8 Å². The molecule has 1 amide bonds. The standard InChI is InChI=1S/C25H19F3N2O/c26-25(27,28)18-12-10-17(11-13-18)24(31)30-15-14-20-19-8-4-5-9-21(19)29-22(20)23(30)16-6-2-1-3-7-16/h1-13,23,29H,14-15H2. The molecule has 1 N–H and O–H groups in total. The summed E-state index contributed by atoms with van der Waals surface area (Å²) in [5, 5.41) is 1.14. The summed E-state index contributed by atoms with van der Waals surface area (Å²) >= 11 is 0. The van der Waals surface area contributed by atoms with Gasteiger partial charge in [-0.3, -0.25) is 4.79 Å². The van der Waals surface area contributed by atoms with Gasteiger partial charge in [0.05, 0.1) is 11.6 Å². The van der Waals surface area contributed by atoms with Gasteiger partial charge in [-0.05, 0) is 47.9 Å². The van der Waals surface area contributed by atoms with Gasteiger partial charge in [-0.15, -0.1) is 0 Å². The van der Waals surface area contributed by atoms with E-state index in [2.05, 4.69) is 11.1 Å². The first kappa shape index (κ1) is 19.4. The Kier molecular flexibility index (Phi) is 4.58. The number of carbonyl (C=O) groups is 1. The van der Waals surface area contributed by atoms with Gasteiger partial charge in [0.15, 0.2) is 0 Å². The van der Waals surface area contributed by atoms with Crippen molar-refractivity contribution >= 4 is 16.8 Å². The minimum absolute atomic E-state index is 0.244. The number of amides is 1. The van der Waals surface area contributed by atoms with Crippen molar-refractivity contribution in [3.63, 3.8) is 0 Å². The van der Waals surface area contributed by atoms with Crippen LogP contribution in [0.3, 0.4) is 0 Å². The van der Waals surface area contributed by atoms with E-state index >= 15 is 0 Å². The van der Waals surface area contributed by atoms with Crippen molar-refractivity contribution in [2.45, 2.75) is 18.6 Å². The second-order valence-electron chi connectivity index (χ2n) is 7.70. The topological polar surface area (TPSA) is 36.1 Å². The smallest absolute Gasteiger partial charge is 0.356 e. The molecule has 3 aromatic carbocycles. The fourth-order valence-electron chi connectivity index (χ4n) is 4.41. The lowest BCUT2D eigenvalue weighted by Crippen LogP contribution is -2.40. The molecule has 1 atom stereocenters. The fourth-order valence-corrected chi connectivity index (χ4v) is 4.41. The Morgan fingerprint density at radius 3 is 2.29 bits per heavy atom. The number of nitrogens with zero attached hydrogens (tertiary/aromatic N) is 1. The van der Waals surface area contributed by atoms with Crippen LogP contribution >= 0.6 is 0 Å². The van der Waals surface area contributed by atoms with Gasteiger partial charge in [0, 0.05) is 28.7 Å². The van der Waals surface area contributed by atoms with Gasteiger partial charge in [0.1, 0.15) is 0 Å². The minimum Gasteiger partial charge on any atom is -0.356 e. The van der Waals surface area contributed by atoms with Crippen LogP contribution < -0.4 is 0 Å². The summed E-state index contributed by atoms with van der Waals surface area (Å²) in [4.78, 5) is 18.6. The summed E-state index contributed by atoms with van der Waals surface area (Å²) in [7, 11) is 0. The molecule has 5 rings (SSSR count). The molecule has 0 radical (unpaired) electrons. The minimum atomic E-state index is -4.43. The number of H-pyrrole nitrogens is 1. The molecule has 3 nitrogen and oxygen atoms in total. The van der Waals surface area contributed by atoms with Crippen LogP contribution in [-0.2, 0) is 12.6 Å². The molecular formula is C25H19F3N2O. The van der Waals surface area contributed by atoms with Crippen molar-refractivity contribution in [3.05, 3.63) is 107 Å². The normalized spacial score (nSPS) is 16.4. The fraction of sp³-hybridized carbons (Fsp3) is 0.160. The average molecular weight is 420 g/mol. The van der Waals surface area contributed by atoms with Crippen LogP contribution in [-0.4, -0.2) is 22.3 Å². The van der Waals surface area contributed by atoms with E-state index in [1.54, 1.807) is 4.90 Å². The van der Waals surface area contributed by atoms with Crippen LogP contribution in [0, 0.1) is 0 Å². The average Bonchev–Trinajstić information content (AvgIpc) is 3.17. The molecule has 0 fully saturated rings. The van der Waals surface area contributed by atoms with E-state index in [1.165, 1.54) is 17.7 Å². The van der Waals surface area contributed by atoms with Crippen molar-refractivity contribution in [1.82, 2.24) is 9.88 Å². The molecule has 0 saturated carbocycles. The third kappa shape index (κ3) is 3.38. The Bertz CT molecular complexity index is 1240. The molecule has 31 heavy (non-hydrogen) atoms. The summed E-state index contributed by atoms with van der Waals surface area (Å²) in [6.07, 6.45) is -3.76. The van der Waals surface area contributed by atoms with Crippen LogP contribution in [0.25, 0.3) is 10.9 Å². The number of benzene rings is 3. The van der Waals surface area contributed by atoms with Crippen molar-refractivity contribution in [1.29, 1.82) is 0 Å². The molecule has 1 aliphatic heterocycles. The van der Waals surface area contributed by atoms with Crippen molar-refractivity contribution in [2.75, 3.05) is 6.54 Å². The number of para-hydroxylation sites is 1. The highest BCUT2D eigenvalue weighted by molar-refractivity contribution is 5.95. The quantitative estimate of drug-likeness (QED) is 0.426. The molecule has 2 heterocycles. The van der Waals surface area contributed by atoms with Gasteiger partial charge < -0.3 is 9.88 Å². The number of nitrogens with one attached hydrogen (secondary N) is 1. The molecule has 0 bridgehead atoms. The summed E-state index contributed by atoms with van der Waals surface area (Å²) in [5.74, 6) is -0.285. The molecule has 1 unspecified atom stereocenters. The predicted molar refractivity (Wildman–Crippen MR) is 113 cm³/mol. The van der Waals surface area contributed by atoms with Crippen molar-refractivity contribution in [3.8, 4) is 0 Å². The maximum Gasteiger partial charge on any atom is 0.416 e. The zero-order valence-corrected chi connectivity index (χ0v) is 16.5. The molecule has 6 heteroatoms. The highest BCUT2D eigenvalue weighted by Crippen LogP contribution is 2.39. The van der Waals surface area contributed by atoms with E-state index in [1.807, 2.05) is 48.5 Å². The molecule has 4 aromatic rings. The molecule has 0 aliphatic carbocycles. The Morgan fingerprint density at radius 2 is 1.58 bits per heavy atom. The number of hydrogen-bond donors (Lipinski definition) is 1. The monoisotopic (exact) mass is 420 g/mol. The lowest BCUT2D eigenvalue weighted by atomic mass is 9.91. The maximum atomic E-state index is 13.4. The van der Waals surface area contributed by atoms with Crippen molar-refractivity contribution in [2.24, 2.45) is 0 Å². The lowest BCUT2D eigenvalue weighted by molar-refractivity contribution is -0.137. The van der Waals surface area contributed by atoms with Crippen LogP contribution in [0.4, 0.5) is 13.2 Å². The van der Waals surface area contributed by atoms with Gasteiger partial charge in [-0.25, -0.2) is 0 Å². The van der Waals surface area contributed by atoms with Gasteiger partial charge in [0.25, 0.3) is 5.91 Å². The maximum absolute atomic E-state index is 13.4. The largest absolute Gasteiger partial charge is 0.416 e. The number of aromatic amines is 1. The van der Waals surface area contributed by atoms with E-state index in [0.717, 1.165) is 34.3 Å². The molecule has 156 valence electrons. The molecule has 0 spiro atoms. The first-order valence-corrected chi connectivity index (χ1v) is 10.1. The highest BCUT2D eigenvalue weighted by atomic mass is 19.4. The Morgan fingerprint density at radius 1 is 0.903 bits per heavy atom. The lowest BCUT2D eigenvalue weighted by Gasteiger charge is -2.36. The van der Waals surface area contributed by atoms with E-state index in [4.69, 9.17) is 0 Å². The SMILES string of the molecule is O=C(c1ccc(C(F)(F)F)cc1)N1CCc2c([nH]c3ccccc23)C1c1ccccc1. The zero-order valence-electron chi connectivity index (χ0n) is 16.5. The number of halogens is 3. The van der Waals surface area contributed by atoms with Gasteiger partial charge in [-0.1, -0.05) is 48.5 Å². The number of alkyl halides is 3. The predicted octanol–water partition coefficient (Wildman–Crippen LogP) is 5.97. The highest BCUT2D eigenvalue weighted by Gasteiger charge is 2.35. The Hall–Kier alpha value is -3.54. The Balaban J connectivity index is 1.58. The summed E-state index contributed by atoms with van der Waals surface area (Å²) in [5.41, 5.74) is 3.58. The van der Waals surface area contributed by atoms with E-state index < -0.39 is 11.7 Å². The number of fused-ring (bicyclic) bond motifs is 3. The molecular weight excluding hydrogens is 401 g/mol. The van der Waals surface area contributed by atoms with E-state index in [0.29, 0.717) is 13.0 Å². The van der Waals surface area contributed by atoms with Crippen LogP contribution in [0.15, 0.2) is 78.9 Å². The number of rotatable bonds is 2. The second-order valence-corrected chi connectivity index (χ2v) is 7.70. The third-order valence-corrected chi connectivity index (χ3v) is 5.87. The number of hydrogen-bond acceptors (Lipinski definition) is 1. The van der Waals surface area contributed by atoms with E-state index in [9.17, 15) is 18.0 Å². The van der Waals surface area contributed by atoms with Crippen molar-refractivity contribution < 1.29 is 18.0 Å². The third-order valence-electron chi connectivity index (χ3n) is 5.87. The molecule has 1 aliphatic rings. The first-order valence-electron chi connectivity index (χ1n) is 10.1. The summed E-state index contributed by atoms with van der Waals surface area (Å²) in [6, 6.07) is 21.8. The number of carbonyl (C=O) groups excluding carboxylic acids is 1. The molecule has 1 aromatic heterocycles. The summed E-state index contributed by atoms with van der Waals surface area (Å²) < 4.78 is 38.8. The molecule has 0 saturated heterocycles. The van der Waals surface area contributed by atoms with Crippen LogP contribution in [0.5, 0.6) is 0 Å². The van der Waals surface area contributed by atoms with Gasteiger partial charge in [-0.2, -0.15) is 13.2 Å². The number of aromatic nitrogens is 1. The summed E-state index contributed by atoms with van der Waals surface area (Å²) in [6.45, 7) is 0.480. The zero-order chi connectivity index (χ0) is 21.6. The Labute approximate surface area is 177 Å². The first-order chi connectivity index (χ1) is 14.9. The van der Waals surface area contributed by atoms with Crippen LogP contribution in [0.2, 0.25) is 0 Å². The van der Waals surface area contributed by atoms with E-state index in [-0.39, 0.29) is 17.5 Å². The van der Waals surface area contributed by atoms with Gasteiger partial charge in [0.2, 0.25) is 0 Å².